The van der Waals surface area contributed by atoms with Crippen LogP contribution in [0.25, 0.3) is 0 Å². The van der Waals surface area contributed by atoms with Gasteiger partial charge in [-0.3, -0.25) is 14.4 Å². The first-order valence-corrected chi connectivity index (χ1v) is 13.0. The topological polar surface area (TPSA) is 104 Å². The number of amides is 3. The molecule has 0 aromatic heterocycles. The third-order valence-corrected chi connectivity index (χ3v) is 7.86. The lowest BCUT2D eigenvalue weighted by molar-refractivity contribution is -0.141. The standard InChI is InChI=1S/C23H25Cl2N3O5S/c1-3-11-26-22(30)19(4-2)27(13-15-9-10-16(24)12-18(15)25)21(29)14-28-23(31)17-7-5-6-8-20(17)34(28,32)33/h5-10,12,19H,3-4,11,13-14H2,1-2H3,(H,26,30)/t19-/m1/s1. The van der Waals surface area contributed by atoms with Gasteiger partial charge in [-0.05, 0) is 42.7 Å². The second-order valence-electron chi connectivity index (χ2n) is 7.79. The highest BCUT2D eigenvalue weighted by Gasteiger charge is 2.43. The molecule has 1 heterocycles. The van der Waals surface area contributed by atoms with Crippen LogP contribution in [0, 0.1) is 0 Å². The Hall–Kier alpha value is -2.62. The lowest BCUT2D eigenvalue weighted by atomic mass is 10.1. The number of benzene rings is 2. The van der Waals surface area contributed by atoms with Crippen LogP contribution in [-0.4, -0.2) is 54.5 Å². The Morgan fingerprint density at radius 1 is 1.12 bits per heavy atom. The summed E-state index contributed by atoms with van der Waals surface area (Å²) in [7, 11) is -4.19. The molecule has 0 unspecified atom stereocenters. The first-order valence-electron chi connectivity index (χ1n) is 10.8. The quantitative estimate of drug-likeness (QED) is 0.539. The fourth-order valence-electron chi connectivity index (χ4n) is 3.72. The number of fused-ring (bicyclic) bond motifs is 1. The Kier molecular flexibility index (Phi) is 8.22. The van der Waals surface area contributed by atoms with E-state index >= 15 is 0 Å². The monoisotopic (exact) mass is 525 g/mol. The Labute approximate surface area is 208 Å². The molecule has 1 atom stereocenters. The molecule has 1 aliphatic rings. The molecule has 0 saturated heterocycles. The van der Waals surface area contributed by atoms with Crippen LogP contribution in [-0.2, 0) is 26.2 Å². The average molecular weight is 526 g/mol. The lowest BCUT2D eigenvalue weighted by Crippen LogP contribution is -2.52. The van der Waals surface area contributed by atoms with Crippen molar-refractivity contribution in [3.63, 3.8) is 0 Å². The predicted molar refractivity (Wildman–Crippen MR) is 129 cm³/mol. The van der Waals surface area contributed by atoms with Gasteiger partial charge >= 0.3 is 0 Å². The van der Waals surface area contributed by atoms with Gasteiger partial charge in [0.25, 0.3) is 15.9 Å². The number of carbonyl (C=O) groups excluding carboxylic acids is 3. The number of carbonyl (C=O) groups is 3. The van der Waals surface area contributed by atoms with Crippen LogP contribution in [0.1, 0.15) is 42.6 Å². The van der Waals surface area contributed by atoms with Crippen LogP contribution in [0.2, 0.25) is 10.0 Å². The summed E-state index contributed by atoms with van der Waals surface area (Å²) in [5.74, 6) is -1.85. The molecule has 182 valence electrons. The van der Waals surface area contributed by atoms with Crippen LogP contribution < -0.4 is 5.32 Å². The summed E-state index contributed by atoms with van der Waals surface area (Å²) in [5, 5.41) is 3.48. The van der Waals surface area contributed by atoms with E-state index in [9.17, 15) is 22.8 Å². The fourth-order valence-corrected chi connectivity index (χ4v) is 5.71. The SMILES string of the molecule is CCCNC(=O)[C@@H](CC)N(Cc1ccc(Cl)cc1Cl)C(=O)CN1C(=O)c2ccccc2S1(=O)=O. The van der Waals surface area contributed by atoms with Crippen molar-refractivity contribution >= 4 is 50.9 Å². The van der Waals surface area contributed by atoms with E-state index in [1.165, 1.54) is 29.2 Å². The average Bonchev–Trinajstić information content (AvgIpc) is 2.99. The highest BCUT2D eigenvalue weighted by atomic mass is 35.5. The number of sulfonamides is 1. The van der Waals surface area contributed by atoms with Gasteiger partial charge in [0, 0.05) is 23.1 Å². The van der Waals surface area contributed by atoms with E-state index in [1.54, 1.807) is 25.1 Å². The van der Waals surface area contributed by atoms with E-state index in [-0.39, 0.29) is 29.3 Å². The zero-order chi connectivity index (χ0) is 25.0. The second-order valence-corrected chi connectivity index (χ2v) is 10.5. The van der Waals surface area contributed by atoms with Crippen LogP contribution in [0.4, 0.5) is 0 Å². The minimum absolute atomic E-state index is 0.00956. The molecule has 2 aromatic rings. The zero-order valence-electron chi connectivity index (χ0n) is 18.8. The molecule has 0 radical (unpaired) electrons. The number of hydrogen-bond acceptors (Lipinski definition) is 5. The molecule has 0 saturated carbocycles. The van der Waals surface area contributed by atoms with Crippen LogP contribution in [0.3, 0.4) is 0 Å². The summed E-state index contributed by atoms with van der Waals surface area (Å²) < 4.78 is 26.4. The smallest absolute Gasteiger partial charge is 0.269 e. The summed E-state index contributed by atoms with van der Waals surface area (Å²) in [6.07, 6.45) is 0.978. The molecule has 1 aliphatic heterocycles. The van der Waals surface area contributed by atoms with E-state index in [0.717, 1.165) is 0 Å². The van der Waals surface area contributed by atoms with Gasteiger partial charge < -0.3 is 10.2 Å². The van der Waals surface area contributed by atoms with Gasteiger partial charge in [-0.15, -0.1) is 0 Å². The van der Waals surface area contributed by atoms with E-state index in [1.807, 2.05) is 6.92 Å². The molecule has 2 aromatic carbocycles. The zero-order valence-corrected chi connectivity index (χ0v) is 21.1. The Bertz CT molecular complexity index is 1220. The Morgan fingerprint density at radius 2 is 1.82 bits per heavy atom. The Balaban J connectivity index is 1.94. The summed E-state index contributed by atoms with van der Waals surface area (Å²) in [6, 6.07) is 9.65. The third-order valence-electron chi connectivity index (χ3n) is 5.48. The Morgan fingerprint density at radius 3 is 2.44 bits per heavy atom. The number of nitrogens with zero attached hydrogens (tertiary/aromatic N) is 2. The van der Waals surface area contributed by atoms with Gasteiger partial charge in [0.1, 0.15) is 17.5 Å². The normalized spacial score (nSPS) is 15.1. The molecule has 0 fully saturated rings. The van der Waals surface area contributed by atoms with Gasteiger partial charge in [0.05, 0.1) is 5.56 Å². The lowest BCUT2D eigenvalue weighted by Gasteiger charge is -2.32. The van der Waals surface area contributed by atoms with E-state index in [2.05, 4.69) is 5.32 Å². The summed E-state index contributed by atoms with van der Waals surface area (Å²) in [5.41, 5.74) is 0.537. The van der Waals surface area contributed by atoms with E-state index in [4.69, 9.17) is 23.2 Å². The largest absolute Gasteiger partial charge is 0.354 e. The number of hydrogen-bond donors (Lipinski definition) is 1. The van der Waals surface area contributed by atoms with Crippen molar-refractivity contribution in [1.82, 2.24) is 14.5 Å². The van der Waals surface area contributed by atoms with Crippen molar-refractivity contribution in [2.24, 2.45) is 0 Å². The number of halogens is 2. The predicted octanol–water partition coefficient (Wildman–Crippen LogP) is 3.47. The van der Waals surface area contributed by atoms with E-state index < -0.39 is 34.4 Å². The molecule has 1 N–H and O–H groups in total. The molecule has 0 bridgehead atoms. The summed E-state index contributed by atoms with van der Waals surface area (Å²) in [4.78, 5) is 40.2. The molecule has 0 spiro atoms. The van der Waals surface area contributed by atoms with Crippen LogP contribution in [0.5, 0.6) is 0 Å². The molecule has 34 heavy (non-hydrogen) atoms. The minimum atomic E-state index is -4.19. The third kappa shape index (κ3) is 5.21. The maximum absolute atomic E-state index is 13.5. The van der Waals surface area contributed by atoms with Crippen molar-refractivity contribution in [3.05, 3.63) is 63.6 Å². The highest BCUT2D eigenvalue weighted by molar-refractivity contribution is 7.90. The van der Waals surface area contributed by atoms with Crippen molar-refractivity contribution < 1.29 is 22.8 Å². The highest BCUT2D eigenvalue weighted by Crippen LogP contribution is 2.30. The van der Waals surface area contributed by atoms with Crippen molar-refractivity contribution in [3.8, 4) is 0 Å². The molecular formula is C23H25Cl2N3O5S. The van der Waals surface area contributed by atoms with Crippen molar-refractivity contribution in [2.45, 2.75) is 44.2 Å². The fraction of sp³-hybridized carbons (Fsp3) is 0.348. The second kappa shape index (κ2) is 10.8. The first kappa shape index (κ1) is 26.0. The molecular weight excluding hydrogens is 501 g/mol. The van der Waals surface area contributed by atoms with Gasteiger partial charge in [-0.25, -0.2) is 12.7 Å². The van der Waals surface area contributed by atoms with Crippen LogP contribution in [0.15, 0.2) is 47.4 Å². The van der Waals surface area contributed by atoms with E-state index in [0.29, 0.717) is 32.9 Å². The van der Waals surface area contributed by atoms with Crippen LogP contribution >= 0.6 is 23.2 Å². The molecule has 8 nitrogen and oxygen atoms in total. The molecule has 3 amide bonds. The maximum atomic E-state index is 13.5. The van der Waals surface area contributed by atoms with Crippen molar-refractivity contribution in [1.29, 1.82) is 0 Å². The molecule has 11 heteroatoms. The van der Waals surface area contributed by atoms with Gasteiger partial charge in [-0.1, -0.05) is 55.2 Å². The molecule has 3 rings (SSSR count). The number of nitrogens with one attached hydrogen (secondary N) is 1. The van der Waals surface area contributed by atoms with Gasteiger partial charge in [0.15, 0.2) is 0 Å². The van der Waals surface area contributed by atoms with Gasteiger partial charge in [0.2, 0.25) is 11.8 Å². The van der Waals surface area contributed by atoms with Gasteiger partial charge in [-0.2, -0.15) is 0 Å². The minimum Gasteiger partial charge on any atom is -0.354 e. The summed E-state index contributed by atoms with van der Waals surface area (Å²) >= 11 is 12.3. The summed E-state index contributed by atoms with van der Waals surface area (Å²) in [6.45, 7) is 3.26. The molecule has 0 aliphatic carbocycles. The number of rotatable bonds is 9. The van der Waals surface area contributed by atoms with Crippen molar-refractivity contribution in [2.75, 3.05) is 13.1 Å². The maximum Gasteiger partial charge on any atom is 0.269 e. The first-order chi connectivity index (χ1) is 16.1.